The van der Waals surface area contributed by atoms with Crippen molar-refractivity contribution in [3.8, 4) is 0 Å². The average molecular weight is 367 g/mol. The number of hydrogen-bond donors (Lipinski definition) is 2. The molecule has 7 heteroatoms. The van der Waals surface area contributed by atoms with Gasteiger partial charge in [-0.2, -0.15) is 0 Å². The Hall–Kier alpha value is -3.48. The Labute approximate surface area is 155 Å². The molecule has 2 N–H and O–H groups in total. The van der Waals surface area contributed by atoms with Crippen LogP contribution in [0.4, 0.5) is 4.39 Å². The van der Waals surface area contributed by atoms with E-state index >= 15 is 0 Å². The van der Waals surface area contributed by atoms with E-state index in [-0.39, 0.29) is 17.9 Å². The number of halogens is 1. The van der Waals surface area contributed by atoms with Crippen LogP contribution in [0.25, 0.3) is 6.08 Å². The van der Waals surface area contributed by atoms with E-state index in [9.17, 15) is 18.8 Å². The van der Waals surface area contributed by atoms with Crippen LogP contribution >= 0.6 is 0 Å². The lowest BCUT2D eigenvalue weighted by molar-refractivity contribution is -0.130. The second-order valence-electron chi connectivity index (χ2n) is 6.07. The van der Waals surface area contributed by atoms with E-state index in [0.29, 0.717) is 0 Å². The fourth-order valence-corrected chi connectivity index (χ4v) is 2.98. The van der Waals surface area contributed by atoms with E-state index < -0.39 is 23.7 Å². The molecule has 1 atom stereocenters. The summed E-state index contributed by atoms with van der Waals surface area (Å²) < 4.78 is 13.6. The highest BCUT2D eigenvalue weighted by Crippen LogP contribution is 2.32. The smallest absolute Gasteiger partial charge is 0.272 e. The number of carbonyl (C=O) groups is 3. The zero-order chi connectivity index (χ0) is 19.4. The highest BCUT2D eigenvalue weighted by atomic mass is 19.1. The molecule has 0 saturated heterocycles. The molecule has 1 aliphatic rings. The van der Waals surface area contributed by atoms with Crippen molar-refractivity contribution in [2.75, 3.05) is 0 Å². The Morgan fingerprint density at radius 2 is 1.74 bits per heavy atom. The monoisotopic (exact) mass is 367 g/mol. The number of rotatable bonds is 3. The van der Waals surface area contributed by atoms with Gasteiger partial charge in [0.2, 0.25) is 11.8 Å². The molecule has 27 heavy (non-hydrogen) atoms. The van der Waals surface area contributed by atoms with Gasteiger partial charge < -0.3 is 4.90 Å². The molecule has 1 unspecified atom stereocenters. The first-order valence-electron chi connectivity index (χ1n) is 8.37. The molecule has 3 amide bonds. The van der Waals surface area contributed by atoms with Gasteiger partial charge >= 0.3 is 0 Å². The van der Waals surface area contributed by atoms with Crippen molar-refractivity contribution in [3.05, 3.63) is 77.2 Å². The van der Waals surface area contributed by atoms with Gasteiger partial charge in [-0.15, -0.1) is 0 Å². The summed E-state index contributed by atoms with van der Waals surface area (Å²) in [4.78, 5) is 37.7. The van der Waals surface area contributed by atoms with Crippen molar-refractivity contribution in [3.63, 3.8) is 0 Å². The molecule has 0 spiro atoms. The van der Waals surface area contributed by atoms with Gasteiger partial charge in [-0.1, -0.05) is 36.4 Å². The third-order valence-corrected chi connectivity index (χ3v) is 4.28. The molecule has 1 heterocycles. The van der Waals surface area contributed by atoms with Gasteiger partial charge in [-0.3, -0.25) is 25.2 Å². The standard InChI is InChI=1S/C20H18FN3O3/c1-13(25)24-11-10-14-6-2-3-7-15(14)18(24)12-19(26)22-23-20(27)16-8-4-5-9-17(16)21/h2-11,18H,12H2,1H3,(H,22,26)(H,23,27). The van der Waals surface area contributed by atoms with Gasteiger partial charge in [-0.05, 0) is 29.3 Å². The lowest BCUT2D eigenvalue weighted by atomic mass is 9.93. The SMILES string of the molecule is CC(=O)N1C=Cc2ccccc2C1CC(=O)NNC(=O)c1ccccc1F. The van der Waals surface area contributed by atoms with Crippen molar-refractivity contribution in [2.45, 2.75) is 19.4 Å². The van der Waals surface area contributed by atoms with Crippen molar-refractivity contribution in [2.24, 2.45) is 0 Å². The molecule has 0 bridgehead atoms. The van der Waals surface area contributed by atoms with Crippen molar-refractivity contribution >= 4 is 23.8 Å². The van der Waals surface area contributed by atoms with Gasteiger partial charge in [0, 0.05) is 13.1 Å². The number of nitrogens with one attached hydrogen (secondary N) is 2. The molecule has 1 aliphatic heterocycles. The summed E-state index contributed by atoms with van der Waals surface area (Å²) in [6.07, 6.45) is 3.39. The van der Waals surface area contributed by atoms with Gasteiger partial charge in [0.05, 0.1) is 18.0 Å². The molecule has 0 fully saturated rings. The number of fused-ring (bicyclic) bond motifs is 1. The van der Waals surface area contributed by atoms with E-state index in [1.807, 2.05) is 30.3 Å². The van der Waals surface area contributed by atoms with Crippen molar-refractivity contribution in [1.29, 1.82) is 0 Å². The lowest BCUT2D eigenvalue weighted by Gasteiger charge is -2.32. The van der Waals surface area contributed by atoms with Gasteiger partial charge in [-0.25, -0.2) is 4.39 Å². The quantitative estimate of drug-likeness (QED) is 0.819. The van der Waals surface area contributed by atoms with Crippen LogP contribution < -0.4 is 10.9 Å². The minimum atomic E-state index is -0.756. The summed E-state index contributed by atoms with van der Waals surface area (Å²) >= 11 is 0. The maximum atomic E-state index is 13.6. The molecular formula is C20H18FN3O3. The number of carbonyl (C=O) groups excluding carboxylic acids is 3. The number of hydrogen-bond acceptors (Lipinski definition) is 3. The van der Waals surface area contributed by atoms with Crippen LogP contribution in [0.3, 0.4) is 0 Å². The first-order chi connectivity index (χ1) is 13.0. The van der Waals surface area contributed by atoms with E-state index in [1.54, 1.807) is 6.20 Å². The van der Waals surface area contributed by atoms with Crippen LogP contribution in [0.1, 0.15) is 40.9 Å². The number of hydrazine groups is 1. The number of benzene rings is 2. The summed E-state index contributed by atoms with van der Waals surface area (Å²) in [5.74, 6) is -2.14. The predicted molar refractivity (Wildman–Crippen MR) is 97.4 cm³/mol. The van der Waals surface area contributed by atoms with E-state index in [2.05, 4.69) is 10.9 Å². The van der Waals surface area contributed by atoms with Crippen LogP contribution in [-0.2, 0) is 9.59 Å². The van der Waals surface area contributed by atoms with Gasteiger partial charge in [0.15, 0.2) is 0 Å². The molecule has 6 nitrogen and oxygen atoms in total. The molecule has 2 aromatic rings. The first-order valence-corrected chi connectivity index (χ1v) is 8.37. The van der Waals surface area contributed by atoms with E-state index in [4.69, 9.17) is 0 Å². The number of amides is 3. The van der Waals surface area contributed by atoms with Crippen LogP contribution in [0.5, 0.6) is 0 Å². The highest BCUT2D eigenvalue weighted by molar-refractivity contribution is 5.95. The molecule has 0 aliphatic carbocycles. The predicted octanol–water partition coefficient (Wildman–Crippen LogP) is 2.55. The third kappa shape index (κ3) is 4.03. The molecule has 0 saturated carbocycles. The summed E-state index contributed by atoms with van der Waals surface area (Å²) in [6.45, 7) is 1.42. The first kappa shape index (κ1) is 18.3. The maximum absolute atomic E-state index is 13.6. The van der Waals surface area contributed by atoms with Gasteiger partial charge in [0.1, 0.15) is 5.82 Å². The molecule has 0 radical (unpaired) electrons. The average Bonchev–Trinajstić information content (AvgIpc) is 2.66. The molecule has 0 aromatic heterocycles. The second kappa shape index (κ2) is 7.82. The van der Waals surface area contributed by atoms with Crippen LogP contribution in [-0.4, -0.2) is 22.6 Å². The summed E-state index contributed by atoms with van der Waals surface area (Å²) in [7, 11) is 0. The fourth-order valence-electron chi connectivity index (χ4n) is 2.98. The molecule has 2 aromatic carbocycles. The van der Waals surface area contributed by atoms with Gasteiger partial charge in [0.25, 0.3) is 5.91 Å². The molecule has 138 valence electrons. The van der Waals surface area contributed by atoms with Crippen LogP contribution in [0, 0.1) is 5.82 Å². The topological polar surface area (TPSA) is 78.5 Å². The zero-order valence-corrected chi connectivity index (χ0v) is 14.6. The minimum Gasteiger partial charge on any atom is -0.311 e. The van der Waals surface area contributed by atoms with Crippen LogP contribution in [0.15, 0.2) is 54.7 Å². The zero-order valence-electron chi connectivity index (χ0n) is 14.6. The maximum Gasteiger partial charge on any atom is 0.272 e. The van der Waals surface area contributed by atoms with E-state index in [0.717, 1.165) is 17.2 Å². The van der Waals surface area contributed by atoms with Crippen molar-refractivity contribution < 1.29 is 18.8 Å². The Balaban J connectivity index is 1.69. The highest BCUT2D eigenvalue weighted by Gasteiger charge is 2.28. The summed E-state index contributed by atoms with van der Waals surface area (Å²) in [5, 5.41) is 0. The molecule has 3 rings (SSSR count). The Kier molecular flexibility index (Phi) is 5.30. The molecular weight excluding hydrogens is 349 g/mol. The summed E-state index contributed by atoms with van der Waals surface area (Å²) in [6, 6.07) is 12.4. The largest absolute Gasteiger partial charge is 0.311 e. The fraction of sp³-hybridized carbons (Fsp3) is 0.150. The summed E-state index contributed by atoms with van der Waals surface area (Å²) in [5.41, 5.74) is 6.06. The normalized spacial score (nSPS) is 15.0. The third-order valence-electron chi connectivity index (χ3n) is 4.28. The Morgan fingerprint density at radius 3 is 2.48 bits per heavy atom. The Morgan fingerprint density at radius 1 is 1.04 bits per heavy atom. The Bertz CT molecular complexity index is 926. The lowest BCUT2D eigenvalue weighted by Crippen LogP contribution is -2.44. The minimum absolute atomic E-state index is 0.0571. The second-order valence-corrected chi connectivity index (χ2v) is 6.07. The number of nitrogens with zero attached hydrogens (tertiary/aromatic N) is 1. The van der Waals surface area contributed by atoms with Crippen LogP contribution in [0.2, 0.25) is 0 Å². The van der Waals surface area contributed by atoms with Crippen molar-refractivity contribution in [1.82, 2.24) is 15.8 Å². The van der Waals surface area contributed by atoms with E-state index in [1.165, 1.54) is 30.0 Å².